The van der Waals surface area contributed by atoms with E-state index in [1.54, 1.807) is 16.8 Å². The van der Waals surface area contributed by atoms with Gasteiger partial charge < -0.3 is 0 Å². The number of aromatic nitrogens is 7. The molecule has 2 atom stereocenters. The van der Waals surface area contributed by atoms with E-state index in [-0.39, 0.29) is 0 Å². The third-order valence-corrected chi connectivity index (χ3v) is 5.11. The van der Waals surface area contributed by atoms with Crippen molar-refractivity contribution in [2.45, 2.75) is 25.2 Å². The Morgan fingerprint density at radius 2 is 2.00 bits per heavy atom. The van der Waals surface area contributed by atoms with Crippen LogP contribution in [-0.4, -0.2) is 40.9 Å². The molecule has 1 aliphatic carbocycles. The van der Waals surface area contributed by atoms with E-state index in [4.69, 9.17) is 5.10 Å². The Labute approximate surface area is 154 Å². The van der Waals surface area contributed by atoms with Gasteiger partial charge in [-0.3, -0.25) is 14.5 Å². The maximum Gasteiger partial charge on any atom is 0.177 e. The van der Waals surface area contributed by atoms with Crippen LogP contribution < -0.4 is 0 Å². The minimum atomic E-state index is 0.370. The lowest BCUT2D eigenvalue weighted by Gasteiger charge is -2.01. The fourth-order valence-electron chi connectivity index (χ4n) is 3.54. The molecule has 4 heterocycles. The molecule has 4 aromatic heterocycles. The number of fused-ring (bicyclic) bond motifs is 1. The molecule has 8 heteroatoms. The predicted molar refractivity (Wildman–Crippen MR) is 97.4 cm³/mol. The number of aryl methyl sites for hydroxylation is 2. The van der Waals surface area contributed by atoms with Gasteiger partial charge in [0, 0.05) is 19.2 Å². The number of hydrogen-bond acceptors (Lipinski definition) is 6. The highest BCUT2D eigenvalue weighted by atomic mass is 16.1. The molecule has 134 valence electrons. The molecule has 8 nitrogen and oxygen atoms in total. The molecule has 0 spiro atoms. The molecule has 1 aliphatic rings. The van der Waals surface area contributed by atoms with Gasteiger partial charge in [0.05, 0.1) is 11.4 Å². The molecule has 1 fully saturated rings. The summed E-state index contributed by atoms with van der Waals surface area (Å²) in [4.78, 5) is 14.9. The van der Waals surface area contributed by atoms with Crippen molar-refractivity contribution in [3.05, 3.63) is 59.3 Å². The van der Waals surface area contributed by atoms with Gasteiger partial charge >= 0.3 is 0 Å². The highest BCUT2D eigenvalue weighted by molar-refractivity contribution is 5.71. The van der Waals surface area contributed by atoms with Crippen LogP contribution in [0.25, 0.3) is 17.0 Å². The van der Waals surface area contributed by atoms with E-state index < -0.39 is 0 Å². The third kappa shape index (κ3) is 2.61. The second kappa shape index (κ2) is 5.80. The van der Waals surface area contributed by atoms with Gasteiger partial charge in [0.1, 0.15) is 11.4 Å². The van der Waals surface area contributed by atoms with E-state index in [1.165, 1.54) is 0 Å². The number of carbonyl (C=O) groups excluding carboxylic acids is 1. The summed E-state index contributed by atoms with van der Waals surface area (Å²) in [6, 6.07) is 9.70. The highest BCUT2D eigenvalue weighted by Gasteiger charge is 2.41. The van der Waals surface area contributed by atoms with Crippen LogP contribution in [0.15, 0.2) is 36.5 Å². The van der Waals surface area contributed by atoms with Gasteiger partial charge in [0.2, 0.25) is 0 Å². The Bertz CT molecular complexity index is 1160. The van der Waals surface area contributed by atoms with Crippen LogP contribution >= 0.6 is 0 Å². The van der Waals surface area contributed by atoms with E-state index in [0.29, 0.717) is 17.5 Å². The molecule has 0 radical (unpaired) electrons. The van der Waals surface area contributed by atoms with Crippen molar-refractivity contribution >= 4 is 11.9 Å². The largest absolute Gasteiger partial charge is 0.296 e. The second-order valence-electron chi connectivity index (χ2n) is 6.90. The molecule has 0 saturated heterocycles. The molecular formula is C19H17N7O. The summed E-state index contributed by atoms with van der Waals surface area (Å²) < 4.78 is 3.61. The van der Waals surface area contributed by atoms with Crippen molar-refractivity contribution in [1.82, 2.24) is 34.6 Å². The summed E-state index contributed by atoms with van der Waals surface area (Å²) >= 11 is 0. The minimum Gasteiger partial charge on any atom is -0.296 e. The molecule has 0 aromatic carbocycles. The topological polar surface area (TPSA) is 90.9 Å². The van der Waals surface area contributed by atoms with Crippen LogP contribution in [0.4, 0.5) is 0 Å². The summed E-state index contributed by atoms with van der Waals surface area (Å²) in [7, 11) is 1.93. The monoisotopic (exact) mass is 359 g/mol. The summed E-state index contributed by atoms with van der Waals surface area (Å²) in [6.07, 6.45) is 3.60. The normalized spacial score (nSPS) is 18.7. The first-order chi connectivity index (χ1) is 13.1. The van der Waals surface area contributed by atoms with Crippen LogP contribution in [-0.2, 0) is 7.05 Å². The first-order valence-electron chi connectivity index (χ1n) is 8.78. The van der Waals surface area contributed by atoms with Gasteiger partial charge in [0.25, 0.3) is 0 Å². The summed E-state index contributed by atoms with van der Waals surface area (Å²) in [5.41, 5.74) is 5.19. The zero-order valence-electron chi connectivity index (χ0n) is 14.9. The van der Waals surface area contributed by atoms with Crippen LogP contribution in [0.2, 0.25) is 0 Å². The quantitative estimate of drug-likeness (QED) is 0.519. The third-order valence-electron chi connectivity index (χ3n) is 5.11. The Kier molecular flexibility index (Phi) is 3.40. The lowest BCUT2D eigenvalue weighted by Crippen LogP contribution is -2.00. The number of carbonyl (C=O) groups is 1. The van der Waals surface area contributed by atoms with Crippen molar-refractivity contribution < 1.29 is 4.79 Å². The number of rotatable bonds is 4. The Hall–Kier alpha value is -3.42. The lowest BCUT2D eigenvalue weighted by atomic mass is 10.1. The maximum absolute atomic E-state index is 10.8. The zero-order chi connectivity index (χ0) is 18.5. The molecule has 27 heavy (non-hydrogen) atoms. The number of hydrogen-bond donors (Lipinski definition) is 0. The van der Waals surface area contributed by atoms with Crippen LogP contribution in [0.3, 0.4) is 0 Å². The van der Waals surface area contributed by atoms with Crippen molar-refractivity contribution in [2.24, 2.45) is 7.05 Å². The van der Waals surface area contributed by atoms with E-state index in [9.17, 15) is 4.79 Å². The Morgan fingerprint density at radius 3 is 2.78 bits per heavy atom. The SMILES string of the molecule is Cc1nnc2ccc(-c3cc(C4CC4c4ccc(C=O)nc4)nn3C)nn12. The Morgan fingerprint density at radius 1 is 1.11 bits per heavy atom. The zero-order valence-corrected chi connectivity index (χ0v) is 14.9. The summed E-state index contributed by atoms with van der Waals surface area (Å²) in [5, 5.41) is 17.5. The van der Waals surface area contributed by atoms with E-state index >= 15 is 0 Å². The van der Waals surface area contributed by atoms with Crippen LogP contribution in [0, 0.1) is 6.92 Å². The molecule has 2 unspecified atom stereocenters. The van der Waals surface area contributed by atoms with Gasteiger partial charge in [-0.2, -0.15) is 14.7 Å². The van der Waals surface area contributed by atoms with Crippen molar-refractivity contribution in [2.75, 3.05) is 0 Å². The van der Waals surface area contributed by atoms with Gasteiger partial charge in [-0.05, 0) is 49.1 Å². The van der Waals surface area contributed by atoms with Crippen LogP contribution in [0.1, 0.15) is 45.8 Å². The number of nitrogens with zero attached hydrogens (tertiary/aromatic N) is 7. The lowest BCUT2D eigenvalue weighted by molar-refractivity contribution is 0.111. The molecule has 5 rings (SSSR count). The molecule has 4 aromatic rings. The van der Waals surface area contributed by atoms with Crippen molar-refractivity contribution in [1.29, 1.82) is 0 Å². The van der Waals surface area contributed by atoms with Crippen LogP contribution in [0.5, 0.6) is 0 Å². The van der Waals surface area contributed by atoms with Gasteiger partial charge in [-0.25, -0.2) is 0 Å². The second-order valence-corrected chi connectivity index (χ2v) is 6.90. The van der Waals surface area contributed by atoms with Gasteiger partial charge in [0.15, 0.2) is 17.8 Å². The predicted octanol–water partition coefficient (Wildman–Crippen LogP) is 2.31. The average Bonchev–Trinajstić information content (AvgIpc) is 3.28. The highest BCUT2D eigenvalue weighted by Crippen LogP contribution is 2.54. The molecule has 0 amide bonds. The molecular weight excluding hydrogens is 342 g/mol. The molecule has 0 aliphatic heterocycles. The van der Waals surface area contributed by atoms with E-state index in [0.717, 1.165) is 46.8 Å². The first kappa shape index (κ1) is 15.8. The van der Waals surface area contributed by atoms with Crippen molar-refractivity contribution in [3.63, 3.8) is 0 Å². The smallest absolute Gasteiger partial charge is 0.177 e. The number of aldehydes is 1. The minimum absolute atomic E-state index is 0.370. The first-order valence-corrected chi connectivity index (χ1v) is 8.78. The Balaban J connectivity index is 1.44. The van der Waals surface area contributed by atoms with E-state index in [2.05, 4.69) is 26.3 Å². The molecule has 0 N–H and O–H groups in total. The summed E-state index contributed by atoms with van der Waals surface area (Å²) in [6.45, 7) is 1.88. The summed E-state index contributed by atoms with van der Waals surface area (Å²) in [5.74, 6) is 1.52. The van der Waals surface area contributed by atoms with Gasteiger partial charge in [-0.1, -0.05) is 6.07 Å². The number of pyridine rings is 1. The van der Waals surface area contributed by atoms with Gasteiger partial charge in [-0.15, -0.1) is 10.2 Å². The molecule has 1 saturated carbocycles. The maximum atomic E-state index is 10.8. The standard InChI is InChI=1S/C19H17N7O/c1-11-21-22-19-6-5-16(24-26(11)19)18-8-17(23-25(18)2)15-7-14(15)12-3-4-13(10-27)20-9-12/h3-6,8-10,14-15H,7H2,1-2H3. The fraction of sp³-hybridized carbons (Fsp3) is 0.263. The fourth-order valence-corrected chi connectivity index (χ4v) is 3.54. The van der Waals surface area contributed by atoms with E-state index in [1.807, 2.05) is 36.9 Å². The molecule has 0 bridgehead atoms. The van der Waals surface area contributed by atoms with Crippen molar-refractivity contribution in [3.8, 4) is 11.4 Å². The average molecular weight is 359 g/mol.